The molecule has 0 saturated carbocycles. The maximum atomic E-state index is 12.3. The Hall–Kier alpha value is -4.12. The zero-order valence-electron chi connectivity index (χ0n) is 19.0. The second-order valence-electron chi connectivity index (χ2n) is 7.45. The number of allylic oxidation sites excluding steroid dienone is 1. The SMILES string of the molecule is C=CCc1cc(/C=C(/C#N)C(=O)NC(C)C)cc(OCC)c1OCc1cccc([N+](=O)[O-])c1. The van der Waals surface area contributed by atoms with Crippen molar-refractivity contribution in [2.45, 2.75) is 39.8 Å². The molecular formula is C25H27N3O5. The van der Waals surface area contributed by atoms with Crippen molar-refractivity contribution in [3.63, 3.8) is 0 Å². The summed E-state index contributed by atoms with van der Waals surface area (Å²) in [6, 6.07) is 11.5. The molecule has 0 bridgehead atoms. The van der Waals surface area contributed by atoms with E-state index in [0.29, 0.717) is 35.7 Å². The predicted octanol–water partition coefficient (Wildman–Crippen LogP) is 4.73. The molecule has 2 aromatic rings. The van der Waals surface area contributed by atoms with Gasteiger partial charge in [0.25, 0.3) is 11.6 Å². The van der Waals surface area contributed by atoms with Crippen molar-refractivity contribution in [1.29, 1.82) is 5.26 Å². The number of nitro benzene ring substituents is 1. The highest BCUT2D eigenvalue weighted by Gasteiger charge is 2.16. The van der Waals surface area contributed by atoms with Crippen molar-refractivity contribution in [2.24, 2.45) is 0 Å². The Morgan fingerprint density at radius 1 is 1.30 bits per heavy atom. The number of nitrogens with one attached hydrogen (secondary N) is 1. The lowest BCUT2D eigenvalue weighted by Gasteiger charge is -2.17. The molecule has 0 radical (unpaired) electrons. The van der Waals surface area contributed by atoms with Crippen LogP contribution in [0.1, 0.15) is 37.5 Å². The summed E-state index contributed by atoms with van der Waals surface area (Å²) in [6.45, 7) is 9.71. The molecule has 2 aromatic carbocycles. The van der Waals surface area contributed by atoms with Crippen LogP contribution in [0.2, 0.25) is 0 Å². The van der Waals surface area contributed by atoms with E-state index in [0.717, 1.165) is 5.56 Å². The minimum Gasteiger partial charge on any atom is -0.490 e. The number of rotatable bonds is 11. The second-order valence-corrected chi connectivity index (χ2v) is 7.45. The lowest BCUT2D eigenvalue weighted by Crippen LogP contribution is -2.30. The van der Waals surface area contributed by atoms with E-state index in [4.69, 9.17) is 9.47 Å². The van der Waals surface area contributed by atoms with Crippen LogP contribution in [0.5, 0.6) is 11.5 Å². The Morgan fingerprint density at radius 3 is 2.67 bits per heavy atom. The van der Waals surface area contributed by atoms with E-state index < -0.39 is 10.8 Å². The zero-order valence-corrected chi connectivity index (χ0v) is 19.0. The van der Waals surface area contributed by atoms with Gasteiger partial charge in [0, 0.05) is 23.7 Å². The summed E-state index contributed by atoms with van der Waals surface area (Å²) < 4.78 is 11.8. The first kappa shape index (κ1) is 25.1. The molecule has 33 heavy (non-hydrogen) atoms. The van der Waals surface area contributed by atoms with E-state index in [1.807, 2.05) is 26.8 Å². The fourth-order valence-corrected chi connectivity index (χ4v) is 3.07. The summed E-state index contributed by atoms with van der Waals surface area (Å²) in [6.07, 6.45) is 3.65. The number of nitro groups is 1. The first-order chi connectivity index (χ1) is 15.8. The standard InChI is InChI=1S/C25H27N3O5/c1-5-8-20-11-19(12-21(15-26)25(29)27-17(3)4)14-23(32-6-2)24(20)33-16-18-9-7-10-22(13-18)28(30)31/h5,7,9-14,17H,1,6,8,16H2,2-4H3,(H,27,29)/b21-12-. The quantitative estimate of drug-likeness (QED) is 0.174. The van der Waals surface area contributed by atoms with Gasteiger partial charge < -0.3 is 14.8 Å². The molecule has 0 aromatic heterocycles. The number of hydrogen-bond acceptors (Lipinski definition) is 6. The van der Waals surface area contributed by atoms with Gasteiger partial charge in [-0.1, -0.05) is 18.2 Å². The highest BCUT2D eigenvalue weighted by atomic mass is 16.6. The van der Waals surface area contributed by atoms with E-state index in [1.165, 1.54) is 18.2 Å². The monoisotopic (exact) mass is 449 g/mol. The molecule has 0 fully saturated rings. The molecule has 0 aliphatic carbocycles. The number of non-ortho nitro benzene ring substituents is 1. The molecule has 0 aliphatic rings. The number of carbonyl (C=O) groups is 1. The van der Waals surface area contributed by atoms with Gasteiger partial charge in [0.05, 0.1) is 11.5 Å². The summed E-state index contributed by atoms with van der Waals surface area (Å²) >= 11 is 0. The molecule has 0 saturated heterocycles. The molecular weight excluding hydrogens is 422 g/mol. The van der Waals surface area contributed by atoms with Gasteiger partial charge in [-0.2, -0.15) is 5.26 Å². The number of benzene rings is 2. The first-order valence-corrected chi connectivity index (χ1v) is 10.5. The van der Waals surface area contributed by atoms with E-state index >= 15 is 0 Å². The van der Waals surface area contributed by atoms with Crippen molar-refractivity contribution in [1.82, 2.24) is 5.32 Å². The summed E-state index contributed by atoms with van der Waals surface area (Å²) in [5, 5.41) is 23.2. The Bertz CT molecular complexity index is 1100. The number of amides is 1. The Balaban J connectivity index is 2.44. The van der Waals surface area contributed by atoms with Gasteiger partial charge in [0.15, 0.2) is 11.5 Å². The predicted molar refractivity (Wildman–Crippen MR) is 126 cm³/mol. The number of nitriles is 1. The Kier molecular flexibility index (Phi) is 9.18. The Labute approximate surface area is 193 Å². The van der Waals surface area contributed by atoms with Crippen LogP contribution < -0.4 is 14.8 Å². The molecule has 8 heteroatoms. The van der Waals surface area contributed by atoms with Crippen molar-refractivity contribution in [3.05, 3.63) is 81.4 Å². The average Bonchev–Trinajstić information content (AvgIpc) is 2.77. The third kappa shape index (κ3) is 7.21. The summed E-state index contributed by atoms with van der Waals surface area (Å²) in [5.74, 6) is 0.461. The maximum Gasteiger partial charge on any atom is 0.269 e. The smallest absolute Gasteiger partial charge is 0.269 e. The van der Waals surface area contributed by atoms with Crippen LogP contribution in [0.15, 0.2) is 54.6 Å². The van der Waals surface area contributed by atoms with Crippen molar-refractivity contribution >= 4 is 17.7 Å². The molecule has 1 amide bonds. The van der Waals surface area contributed by atoms with Crippen molar-refractivity contribution in [3.8, 4) is 17.6 Å². The molecule has 172 valence electrons. The number of hydrogen-bond donors (Lipinski definition) is 1. The summed E-state index contributed by atoms with van der Waals surface area (Å²) in [7, 11) is 0. The van der Waals surface area contributed by atoms with Crippen molar-refractivity contribution < 1.29 is 19.2 Å². The van der Waals surface area contributed by atoms with Gasteiger partial charge in [-0.05, 0) is 56.5 Å². The summed E-state index contributed by atoms with van der Waals surface area (Å²) in [5.41, 5.74) is 1.94. The average molecular weight is 450 g/mol. The van der Waals surface area contributed by atoms with Gasteiger partial charge in [0.2, 0.25) is 0 Å². The van der Waals surface area contributed by atoms with Crippen LogP contribution >= 0.6 is 0 Å². The molecule has 0 atom stereocenters. The molecule has 0 spiro atoms. The van der Waals surface area contributed by atoms with Gasteiger partial charge in [-0.3, -0.25) is 14.9 Å². The van der Waals surface area contributed by atoms with Gasteiger partial charge >= 0.3 is 0 Å². The number of ether oxygens (including phenoxy) is 2. The van der Waals surface area contributed by atoms with Crippen molar-refractivity contribution in [2.75, 3.05) is 6.61 Å². The zero-order chi connectivity index (χ0) is 24.4. The minimum atomic E-state index is -0.457. The molecule has 0 heterocycles. The highest BCUT2D eigenvalue weighted by Crippen LogP contribution is 2.35. The van der Waals surface area contributed by atoms with Crippen LogP contribution in [-0.2, 0) is 17.8 Å². The maximum absolute atomic E-state index is 12.3. The fraction of sp³-hybridized carbons (Fsp3) is 0.280. The molecule has 0 aliphatic heterocycles. The van der Waals surface area contributed by atoms with Crippen LogP contribution in [0.3, 0.4) is 0 Å². The topological polar surface area (TPSA) is 114 Å². The fourth-order valence-electron chi connectivity index (χ4n) is 3.07. The highest BCUT2D eigenvalue weighted by molar-refractivity contribution is 6.01. The summed E-state index contributed by atoms with van der Waals surface area (Å²) in [4.78, 5) is 22.9. The lowest BCUT2D eigenvalue weighted by atomic mass is 10.0. The molecule has 0 unspecified atom stereocenters. The number of carbonyl (C=O) groups excluding carboxylic acids is 1. The van der Waals surface area contributed by atoms with Gasteiger partial charge in [0.1, 0.15) is 18.2 Å². The number of nitrogens with zero attached hydrogens (tertiary/aromatic N) is 2. The van der Waals surface area contributed by atoms with E-state index in [9.17, 15) is 20.2 Å². The molecule has 2 rings (SSSR count). The van der Waals surface area contributed by atoms with E-state index in [-0.39, 0.29) is 23.9 Å². The normalized spacial score (nSPS) is 10.9. The largest absolute Gasteiger partial charge is 0.490 e. The van der Waals surface area contributed by atoms with Crippen LogP contribution in [0.4, 0.5) is 5.69 Å². The second kappa shape index (κ2) is 12.1. The first-order valence-electron chi connectivity index (χ1n) is 10.5. The van der Waals surface area contributed by atoms with Gasteiger partial charge in [-0.15, -0.1) is 6.58 Å². The van der Waals surface area contributed by atoms with Gasteiger partial charge in [-0.25, -0.2) is 0 Å². The van der Waals surface area contributed by atoms with Crippen LogP contribution in [-0.4, -0.2) is 23.5 Å². The molecule has 8 nitrogen and oxygen atoms in total. The molecule has 1 N–H and O–H groups in total. The lowest BCUT2D eigenvalue weighted by molar-refractivity contribution is -0.384. The Morgan fingerprint density at radius 2 is 2.06 bits per heavy atom. The van der Waals surface area contributed by atoms with Crippen LogP contribution in [0.25, 0.3) is 6.08 Å². The van der Waals surface area contributed by atoms with E-state index in [2.05, 4.69) is 11.9 Å². The van der Waals surface area contributed by atoms with Crippen LogP contribution in [0, 0.1) is 21.4 Å². The minimum absolute atomic E-state index is 0.0170. The third-order valence-electron chi connectivity index (χ3n) is 4.42. The van der Waals surface area contributed by atoms with E-state index in [1.54, 1.807) is 30.3 Å². The third-order valence-corrected chi connectivity index (χ3v) is 4.42.